The fourth-order valence-electron chi connectivity index (χ4n) is 2.93. The van der Waals surface area contributed by atoms with Crippen molar-refractivity contribution in [3.8, 4) is 0 Å². The van der Waals surface area contributed by atoms with E-state index in [9.17, 15) is 9.59 Å². The third-order valence-corrected chi connectivity index (χ3v) is 3.55. The average molecular weight is 210 g/mol. The minimum atomic E-state index is -0.582. The molecule has 84 valence electrons. The maximum absolute atomic E-state index is 11.8. The summed E-state index contributed by atoms with van der Waals surface area (Å²) >= 11 is 0. The summed E-state index contributed by atoms with van der Waals surface area (Å²) in [5.74, 6) is 0.759. The van der Waals surface area contributed by atoms with Gasteiger partial charge in [-0.3, -0.25) is 10.1 Å². The summed E-state index contributed by atoms with van der Waals surface area (Å²) in [5, 5.41) is 5.20. The van der Waals surface area contributed by atoms with Crippen LogP contribution in [0.25, 0.3) is 0 Å². The number of nitrogens with one attached hydrogen (secondary N) is 2. The fraction of sp³-hybridized carbons (Fsp3) is 0.818. The second kappa shape index (κ2) is 3.51. The maximum atomic E-state index is 11.8. The molecule has 1 spiro atoms. The first-order valence-electron chi connectivity index (χ1n) is 5.68. The summed E-state index contributed by atoms with van der Waals surface area (Å²) < 4.78 is 0. The van der Waals surface area contributed by atoms with Crippen LogP contribution in [0.3, 0.4) is 0 Å². The maximum Gasteiger partial charge on any atom is 0.322 e. The number of carbonyl (C=O) groups excluding carboxylic acids is 2. The second-order valence-corrected chi connectivity index (χ2v) is 5.10. The highest BCUT2D eigenvalue weighted by Gasteiger charge is 2.53. The Morgan fingerprint density at radius 2 is 2.20 bits per heavy atom. The van der Waals surface area contributed by atoms with Crippen molar-refractivity contribution in [3.63, 3.8) is 0 Å². The van der Waals surface area contributed by atoms with Crippen LogP contribution < -0.4 is 10.6 Å². The highest BCUT2D eigenvalue weighted by molar-refractivity contribution is 6.07. The summed E-state index contributed by atoms with van der Waals surface area (Å²) in [4.78, 5) is 23.0. The minimum absolute atomic E-state index is 0.115. The standard InChI is InChI=1S/C11H18N2O2/c1-7(2)6-8-4-3-5-11(8)9(14)12-10(15)13-11/h7-8H,3-6H2,1-2H3,(H2,12,13,14,15)/t8-,11+/m0/s1. The van der Waals surface area contributed by atoms with Crippen molar-refractivity contribution in [3.05, 3.63) is 0 Å². The number of hydrogen-bond donors (Lipinski definition) is 2. The molecule has 0 unspecified atom stereocenters. The van der Waals surface area contributed by atoms with Crippen LogP contribution in [0.4, 0.5) is 4.79 Å². The zero-order valence-electron chi connectivity index (χ0n) is 9.30. The van der Waals surface area contributed by atoms with Gasteiger partial charge in [-0.2, -0.15) is 0 Å². The molecule has 2 fully saturated rings. The Kier molecular flexibility index (Phi) is 2.44. The van der Waals surface area contributed by atoms with Gasteiger partial charge >= 0.3 is 6.03 Å². The molecule has 1 saturated heterocycles. The van der Waals surface area contributed by atoms with E-state index in [1.165, 1.54) is 0 Å². The molecule has 1 aliphatic carbocycles. The smallest absolute Gasteiger partial charge is 0.322 e. The normalized spacial score (nSPS) is 35.0. The van der Waals surface area contributed by atoms with Gasteiger partial charge in [-0.1, -0.05) is 20.3 Å². The van der Waals surface area contributed by atoms with Gasteiger partial charge in [-0.15, -0.1) is 0 Å². The Morgan fingerprint density at radius 3 is 2.73 bits per heavy atom. The van der Waals surface area contributed by atoms with E-state index in [-0.39, 0.29) is 11.9 Å². The minimum Gasteiger partial charge on any atom is -0.323 e. The molecule has 2 atom stereocenters. The molecule has 2 N–H and O–H groups in total. The Morgan fingerprint density at radius 1 is 1.47 bits per heavy atom. The highest BCUT2D eigenvalue weighted by Crippen LogP contribution is 2.41. The summed E-state index contributed by atoms with van der Waals surface area (Å²) in [6, 6.07) is -0.323. The monoisotopic (exact) mass is 210 g/mol. The molecule has 1 saturated carbocycles. The van der Waals surface area contributed by atoms with Crippen molar-refractivity contribution >= 4 is 11.9 Å². The number of rotatable bonds is 2. The molecule has 0 aromatic rings. The number of imide groups is 1. The van der Waals surface area contributed by atoms with Crippen molar-refractivity contribution in [1.82, 2.24) is 10.6 Å². The van der Waals surface area contributed by atoms with Crippen LogP contribution in [0.2, 0.25) is 0 Å². The largest absolute Gasteiger partial charge is 0.323 e. The van der Waals surface area contributed by atoms with Crippen LogP contribution in [0.1, 0.15) is 39.5 Å². The molecule has 0 aromatic heterocycles. The van der Waals surface area contributed by atoms with Crippen LogP contribution in [0.5, 0.6) is 0 Å². The van der Waals surface area contributed by atoms with Crippen molar-refractivity contribution < 1.29 is 9.59 Å². The van der Waals surface area contributed by atoms with Crippen molar-refractivity contribution in [2.75, 3.05) is 0 Å². The number of amides is 3. The lowest BCUT2D eigenvalue weighted by Crippen LogP contribution is -2.50. The third-order valence-electron chi connectivity index (χ3n) is 3.55. The Hall–Kier alpha value is -1.06. The lowest BCUT2D eigenvalue weighted by Gasteiger charge is -2.29. The van der Waals surface area contributed by atoms with Gasteiger partial charge in [0.1, 0.15) is 5.54 Å². The van der Waals surface area contributed by atoms with Crippen LogP contribution in [0, 0.1) is 11.8 Å². The lowest BCUT2D eigenvalue weighted by molar-refractivity contribution is -0.125. The molecular formula is C11H18N2O2. The average Bonchev–Trinajstić information content (AvgIpc) is 2.60. The fourth-order valence-corrected chi connectivity index (χ4v) is 2.93. The van der Waals surface area contributed by atoms with E-state index in [1.807, 2.05) is 0 Å². The number of carbonyl (C=O) groups is 2. The lowest BCUT2D eigenvalue weighted by atomic mass is 9.81. The van der Waals surface area contributed by atoms with E-state index in [0.29, 0.717) is 11.8 Å². The predicted molar refractivity (Wildman–Crippen MR) is 56.2 cm³/mol. The van der Waals surface area contributed by atoms with Crippen LogP contribution >= 0.6 is 0 Å². The van der Waals surface area contributed by atoms with Crippen molar-refractivity contribution in [2.24, 2.45) is 11.8 Å². The first-order valence-corrected chi connectivity index (χ1v) is 5.68. The van der Waals surface area contributed by atoms with Gasteiger partial charge in [-0.05, 0) is 31.1 Å². The van der Waals surface area contributed by atoms with Gasteiger partial charge in [0.05, 0.1) is 0 Å². The molecule has 4 heteroatoms. The molecule has 0 aromatic carbocycles. The van der Waals surface area contributed by atoms with Gasteiger partial charge in [0, 0.05) is 0 Å². The van der Waals surface area contributed by atoms with E-state index in [0.717, 1.165) is 25.7 Å². The van der Waals surface area contributed by atoms with Crippen LogP contribution in [-0.4, -0.2) is 17.5 Å². The molecule has 1 aliphatic heterocycles. The van der Waals surface area contributed by atoms with Gasteiger partial charge in [-0.25, -0.2) is 4.79 Å². The second-order valence-electron chi connectivity index (χ2n) is 5.10. The van der Waals surface area contributed by atoms with Crippen LogP contribution in [0.15, 0.2) is 0 Å². The molecule has 0 bridgehead atoms. The first-order chi connectivity index (χ1) is 7.04. The number of hydrogen-bond acceptors (Lipinski definition) is 2. The van der Waals surface area contributed by atoms with Crippen LogP contribution in [-0.2, 0) is 4.79 Å². The molecule has 1 heterocycles. The molecular weight excluding hydrogens is 192 g/mol. The Bertz CT molecular complexity index is 301. The van der Waals surface area contributed by atoms with E-state index < -0.39 is 5.54 Å². The molecule has 0 radical (unpaired) electrons. The quantitative estimate of drug-likeness (QED) is 0.677. The number of urea groups is 1. The first kappa shape index (κ1) is 10.5. The van der Waals surface area contributed by atoms with Gasteiger partial charge in [0.2, 0.25) is 0 Å². The predicted octanol–water partition coefficient (Wildman–Crippen LogP) is 1.41. The van der Waals surface area contributed by atoms with Crippen molar-refractivity contribution in [1.29, 1.82) is 0 Å². The molecule has 2 aliphatic rings. The zero-order valence-corrected chi connectivity index (χ0v) is 9.30. The molecule has 3 amide bonds. The van der Waals surface area contributed by atoms with E-state index in [2.05, 4.69) is 24.5 Å². The van der Waals surface area contributed by atoms with Gasteiger partial charge in [0.25, 0.3) is 5.91 Å². The van der Waals surface area contributed by atoms with E-state index in [4.69, 9.17) is 0 Å². The Balaban J connectivity index is 2.18. The molecule has 15 heavy (non-hydrogen) atoms. The summed E-state index contributed by atoms with van der Waals surface area (Å²) in [5.41, 5.74) is -0.582. The van der Waals surface area contributed by atoms with E-state index in [1.54, 1.807) is 0 Å². The summed E-state index contributed by atoms with van der Waals surface area (Å²) in [7, 11) is 0. The summed E-state index contributed by atoms with van der Waals surface area (Å²) in [6.45, 7) is 4.31. The summed E-state index contributed by atoms with van der Waals surface area (Å²) in [6.07, 6.45) is 3.88. The zero-order chi connectivity index (χ0) is 11.1. The molecule has 4 nitrogen and oxygen atoms in total. The van der Waals surface area contributed by atoms with Gasteiger partial charge in [0.15, 0.2) is 0 Å². The highest BCUT2D eigenvalue weighted by atomic mass is 16.2. The topological polar surface area (TPSA) is 58.2 Å². The third kappa shape index (κ3) is 1.62. The van der Waals surface area contributed by atoms with E-state index >= 15 is 0 Å². The van der Waals surface area contributed by atoms with Crippen molar-refractivity contribution in [2.45, 2.75) is 45.1 Å². The molecule has 2 rings (SSSR count). The SMILES string of the molecule is CC(C)C[C@@H]1CCC[C@@]12NC(=O)NC2=O. The Labute approximate surface area is 89.8 Å². The van der Waals surface area contributed by atoms with Gasteiger partial charge < -0.3 is 5.32 Å².